The van der Waals surface area contributed by atoms with Crippen LogP contribution in [0.15, 0.2) is 24.3 Å². The summed E-state index contributed by atoms with van der Waals surface area (Å²) < 4.78 is 5.91. The van der Waals surface area contributed by atoms with Crippen LogP contribution in [0, 0.1) is 0 Å². The lowest BCUT2D eigenvalue weighted by atomic mass is 9.95. The molecule has 1 rings (SSSR count). The molecular weight excluding hydrogens is 262 g/mol. The van der Waals surface area contributed by atoms with Gasteiger partial charge in [0.05, 0.1) is 13.2 Å². The van der Waals surface area contributed by atoms with E-state index in [0.29, 0.717) is 0 Å². The Morgan fingerprint density at radius 3 is 2.57 bits per heavy atom. The van der Waals surface area contributed by atoms with Crippen LogP contribution < -0.4 is 10.5 Å². The molecule has 0 aliphatic rings. The minimum atomic E-state index is -0.521. The summed E-state index contributed by atoms with van der Waals surface area (Å²) in [5.74, 6) is 0.960. The number of benzene rings is 1. The van der Waals surface area contributed by atoms with Crippen LogP contribution in [0.3, 0.4) is 0 Å². The molecule has 0 fully saturated rings. The Morgan fingerprint density at radius 2 is 1.86 bits per heavy atom. The van der Waals surface area contributed by atoms with E-state index >= 15 is 0 Å². The average molecular weight is 293 g/mol. The molecule has 1 atom stereocenters. The second-order valence-corrected chi connectivity index (χ2v) is 6.18. The average Bonchev–Trinajstić information content (AvgIpc) is 2.50. The first kappa shape index (κ1) is 18.0. The predicted molar refractivity (Wildman–Crippen MR) is 88.7 cm³/mol. The fourth-order valence-electron chi connectivity index (χ4n) is 2.24. The molecule has 0 radical (unpaired) electrons. The lowest BCUT2D eigenvalue weighted by Crippen LogP contribution is -2.40. The highest BCUT2D eigenvalue weighted by Crippen LogP contribution is 2.22. The summed E-state index contributed by atoms with van der Waals surface area (Å²) in [6.07, 6.45) is 7.81. The van der Waals surface area contributed by atoms with Crippen molar-refractivity contribution in [2.75, 3.05) is 13.2 Å². The highest BCUT2D eigenvalue weighted by molar-refractivity contribution is 5.33. The van der Waals surface area contributed by atoms with Gasteiger partial charge in [0.15, 0.2) is 0 Å². The molecule has 120 valence electrons. The van der Waals surface area contributed by atoms with Gasteiger partial charge in [-0.15, -0.1) is 0 Å². The summed E-state index contributed by atoms with van der Waals surface area (Å²) >= 11 is 0. The number of nitrogens with two attached hydrogens (primary N) is 1. The van der Waals surface area contributed by atoms with Crippen molar-refractivity contribution in [2.45, 2.75) is 64.3 Å². The molecule has 0 aliphatic carbocycles. The largest absolute Gasteiger partial charge is 0.493 e. The summed E-state index contributed by atoms with van der Waals surface area (Å²) in [5, 5.41) is 9.23. The van der Waals surface area contributed by atoms with Crippen molar-refractivity contribution in [1.82, 2.24) is 0 Å². The highest BCUT2D eigenvalue weighted by Gasteiger charge is 2.17. The molecule has 3 heteroatoms. The van der Waals surface area contributed by atoms with Crippen LogP contribution >= 0.6 is 0 Å². The molecule has 0 amide bonds. The summed E-state index contributed by atoms with van der Waals surface area (Å²) in [5.41, 5.74) is 6.65. The molecule has 0 spiro atoms. The predicted octanol–water partition coefficient (Wildman–Crippen LogP) is 3.68. The molecule has 1 aromatic carbocycles. The zero-order valence-corrected chi connectivity index (χ0v) is 13.6. The van der Waals surface area contributed by atoms with Crippen LogP contribution in [0.2, 0.25) is 0 Å². The van der Waals surface area contributed by atoms with Gasteiger partial charge >= 0.3 is 0 Å². The van der Waals surface area contributed by atoms with Gasteiger partial charge in [0.2, 0.25) is 0 Å². The zero-order chi connectivity index (χ0) is 15.6. The van der Waals surface area contributed by atoms with Crippen LogP contribution in [0.4, 0.5) is 0 Å². The number of aliphatic hydroxyl groups is 1. The molecular formula is C18H31NO2. The van der Waals surface area contributed by atoms with Crippen molar-refractivity contribution in [2.24, 2.45) is 5.73 Å². The molecule has 0 aromatic heterocycles. The summed E-state index contributed by atoms with van der Waals surface area (Å²) in [6.45, 7) is 4.89. The lowest BCUT2D eigenvalue weighted by Gasteiger charge is -2.22. The number of aliphatic hydroxyl groups excluding tert-OH is 1. The van der Waals surface area contributed by atoms with Crippen LogP contribution in [0.1, 0.15) is 57.9 Å². The Morgan fingerprint density at radius 1 is 1.14 bits per heavy atom. The number of para-hydroxylation sites is 1. The van der Waals surface area contributed by atoms with Gasteiger partial charge in [-0.3, -0.25) is 0 Å². The monoisotopic (exact) mass is 293 g/mol. The standard InChI is InChI=1S/C18H31NO2/c1-3-4-5-6-9-14-21-17-11-8-7-10-16(17)12-13-18(2,19)15-20/h7-8,10-11,20H,3-6,9,12-15,19H2,1-2H3. The van der Waals surface area contributed by atoms with Gasteiger partial charge in [0.1, 0.15) is 5.75 Å². The molecule has 0 saturated heterocycles. The number of rotatable bonds is 11. The van der Waals surface area contributed by atoms with E-state index in [1.807, 2.05) is 25.1 Å². The molecule has 3 nitrogen and oxygen atoms in total. The molecule has 0 aliphatic heterocycles. The van der Waals surface area contributed by atoms with Crippen molar-refractivity contribution < 1.29 is 9.84 Å². The van der Waals surface area contributed by atoms with Gasteiger partial charge in [0, 0.05) is 5.54 Å². The molecule has 3 N–H and O–H groups in total. The van der Waals surface area contributed by atoms with E-state index in [2.05, 4.69) is 13.0 Å². The van der Waals surface area contributed by atoms with Crippen molar-refractivity contribution in [3.8, 4) is 5.75 Å². The Bertz CT molecular complexity index is 391. The van der Waals surface area contributed by atoms with Gasteiger partial charge < -0.3 is 15.6 Å². The van der Waals surface area contributed by atoms with Crippen molar-refractivity contribution in [1.29, 1.82) is 0 Å². The molecule has 0 saturated carbocycles. The summed E-state index contributed by atoms with van der Waals surface area (Å²) in [4.78, 5) is 0. The van der Waals surface area contributed by atoms with Crippen LogP contribution in [-0.4, -0.2) is 23.9 Å². The molecule has 0 heterocycles. The summed E-state index contributed by atoms with van der Waals surface area (Å²) in [6, 6.07) is 8.13. The van der Waals surface area contributed by atoms with Crippen LogP contribution in [0.5, 0.6) is 5.75 Å². The van der Waals surface area contributed by atoms with Gasteiger partial charge in [-0.05, 0) is 37.8 Å². The zero-order valence-electron chi connectivity index (χ0n) is 13.6. The quantitative estimate of drug-likeness (QED) is 0.612. The number of aryl methyl sites for hydroxylation is 1. The van der Waals surface area contributed by atoms with Gasteiger partial charge in [-0.25, -0.2) is 0 Å². The van der Waals surface area contributed by atoms with E-state index in [-0.39, 0.29) is 6.61 Å². The van der Waals surface area contributed by atoms with Gasteiger partial charge in [-0.2, -0.15) is 0 Å². The Kier molecular flexibility index (Phi) is 8.40. The third-order valence-corrected chi connectivity index (χ3v) is 3.80. The third-order valence-electron chi connectivity index (χ3n) is 3.80. The highest BCUT2D eigenvalue weighted by atomic mass is 16.5. The first-order valence-electron chi connectivity index (χ1n) is 8.19. The molecule has 1 aromatic rings. The Labute approximate surface area is 129 Å². The number of unbranched alkanes of at least 4 members (excludes halogenated alkanes) is 4. The SMILES string of the molecule is CCCCCCCOc1ccccc1CCC(C)(N)CO. The van der Waals surface area contributed by atoms with Crippen LogP contribution in [-0.2, 0) is 6.42 Å². The first-order valence-corrected chi connectivity index (χ1v) is 8.19. The van der Waals surface area contributed by atoms with Crippen molar-refractivity contribution >= 4 is 0 Å². The Hall–Kier alpha value is -1.06. The van der Waals surface area contributed by atoms with E-state index in [1.165, 1.54) is 31.2 Å². The van der Waals surface area contributed by atoms with Crippen molar-refractivity contribution in [3.05, 3.63) is 29.8 Å². The minimum Gasteiger partial charge on any atom is -0.493 e. The Balaban J connectivity index is 2.40. The normalized spacial score (nSPS) is 13.9. The van der Waals surface area contributed by atoms with Gasteiger partial charge in [0.25, 0.3) is 0 Å². The van der Waals surface area contributed by atoms with Crippen LogP contribution in [0.25, 0.3) is 0 Å². The van der Waals surface area contributed by atoms with E-state index in [1.54, 1.807) is 0 Å². The van der Waals surface area contributed by atoms with E-state index in [4.69, 9.17) is 10.5 Å². The first-order chi connectivity index (χ1) is 10.1. The third kappa shape index (κ3) is 7.49. The second-order valence-electron chi connectivity index (χ2n) is 6.18. The van der Waals surface area contributed by atoms with E-state index in [9.17, 15) is 5.11 Å². The maximum Gasteiger partial charge on any atom is 0.122 e. The number of hydrogen-bond donors (Lipinski definition) is 2. The maximum absolute atomic E-state index is 9.23. The van der Waals surface area contributed by atoms with Crippen molar-refractivity contribution in [3.63, 3.8) is 0 Å². The molecule has 21 heavy (non-hydrogen) atoms. The molecule has 0 bridgehead atoms. The smallest absolute Gasteiger partial charge is 0.122 e. The number of ether oxygens (including phenoxy) is 1. The lowest BCUT2D eigenvalue weighted by molar-refractivity contribution is 0.200. The van der Waals surface area contributed by atoms with E-state index in [0.717, 1.165) is 31.6 Å². The summed E-state index contributed by atoms with van der Waals surface area (Å²) in [7, 11) is 0. The number of hydrogen-bond acceptors (Lipinski definition) is 3. The van der Waals surface area contributed by atoms with E-state index < -0.39 is 5.54 Å². The minimum absolute atomic E-state index is 0.00739. The fraction of sp³-hybridized carbons (Fsp3) is 0.667. The topological polar surface area (TPSA) is 55.5 Å². The molecule has 1 unspecified atom stereocenters. The van der Waals surface area contributed by atoms with Gasteiger partial charge in [-0.1, -0.05) is 50.8 Å². The maximum atomic E-state index is 9.23. The second kappa shape index (κ2) is 9.80. The fourth-order valence-corrected chi connectivity index (χ4v) is 2.24.